The quantitative estimate of drug-likeness (QED) is 0.412. The number of sulfonamides is 1. The van der Waals surface area contributed by atoms with Crippen molar-refractivity contribution in [3.05, 3.63) is 70.5 Å². The molecule has 32 heavy (non-hydrogen) atoms. The van der Waals surface area contributed by atoms with E-state index in [0.717, 1.165) is 9.69 Å². The van der Waals surface area contributed by atoms with Crippen LogP contribution in [0.15, 0.2) is 64.0 Å². The van der Waals surface area contributed by atoms with E-state index < -0.39 is 22.5 Å². The average molecular weight is 492 g/mol. The number of aryl methyl sites for hydroxylation is 1. The van der Waals surface area contributed by atoms with Crippen LogP contribution in [0.3, 0.4) is 0 Å². The van der Waals surface area contributed by atoms with Gasteiger partial charge in [-0.25, -0.2) is 8.42 Å². The van der Waals surface area contributed by atoms with E-state index in [4.69, 9.17) is 27.7 Å². The van der Waals surface area contributed by atoms with Gasteiger partial charge in [0.1, 0.15) is 6.54 Å². The summed E-state index contributed by atoms with van der Waals surface area (Å²) in [7, 11) is -4.28. The lowest BCUT2D eigenvalue weighted by molar-refractivity contribution is -0.135. The van der Waals surface area contributed by atoms with E-state index in [0.29, 0.717) is 22.7 Å². The number of rotatable bonds is 6. The van der Waals surface area contributed by atoms with Crippen LogP contribution < -0.4 is 4.31 Å². The zero-order chi connectivity index (χ0) is 23.0. The van der Waals surface area contributed by atoms with Crippen LogP contribution in [0.4, 0.5) is 5.69 Å². The van der Waals surface area contributed by atoms with Gasteiger partial charge in [-0.1, -0.05) is 52.6 Å². The number of aromatic nitrogens is 2. The molecule has 0 radical (unpaired) electrons. The molecular weight excluding hydrogens is 477 g/mol. The topological polar surface area (TPSA) is 114 Å². The number of anilines is 1. The van der Waals surface area contributed by atoms with Crippen molar-refractivity contribution < 1.29 is 22.8 Å². The Labute approximate surface area is 193 Å². The van der Waals surface area contributed by atoms with Gasteiger partial charge in [0, 0.05) is 22.5 Å². The van der Waals surface area contributed by atoms with Gasteiger partial charge in [0.15, 0.2) is 0 Å². The maximum Gasteiger partial charge on any atom is 0.324 e. The third kappa shape index (κ3) is 4.27. The van der Waals surface area contributed by atoms with Crippen molar-refractivity contribution in [1.29, 1.82) is 0 Å². The third-order valence-corrected chi connectivity index (χ3v) is 6.81. The fourth-order valence-electron chi connectivity index (χ4n) is 3.27. The molecule has 1 heterocycles. The molecule has 0 saturated heterocycles. The molecule has 0 saturated carbocycles. The lowest BCUT2D eigenvalue weighted by atomic mass is 10.0. The normalized spacial score (nSPS) is 11.6. The first-order valence-electron chi connectivity index (χ1n) is 9.19. The van der Waals surface area contributed by atoms with Crippen molar-refractivity contribution in [2.45, 2.75) is 11.8 Å². The van der Waals surface area contributed by atoms with E-state index in [1.165, 1.54) is 24.3 Å². The Morgan fingerprint density at radius 2 is 1.81 bits per heavy atom. The Morgan fingerprint density at radius 1 is 1.09 bits per heavy atom. The molecule has 0 bridgehead atoms. The minimum Gasteiger partial charge on any atom is -0.480 e. The van der Waals surface area contributed by atoms with Crippen LogP contribution in [-0.4, -0.2) is 36.2 Å². The van der Waals surface area contributed by atoms with Crippen molar-refractivity contribution >= 4 is 55.7 Å². The maximum atomic E-state index is 13.3. The third-order valence-electron chi connectivity index (χ3n) is 4.62. The van der Waals surface area contributed by atoms with Crippen LogP contribution in [0, 0.1) is 6.92 Å². The molecule has 11 heteroatoms. The van der Waals surface area contributed by atoms with E-state index in [2.05, 4.69) is 10.1 Å². The second-order valence-corrected chi connectivity index (χ2v) is 9.59. The number of benzene rings is 3. The van der Waals surface area contributed by atoms with Gasteiger partial charge in [-0.3, -0.25) is 9.10 Å². The standard InChI is InChI=1S/C21H15Cl2N3O5S/c1-12-24-21(25-31-12)19-4-2-3-13-7-16(5-6-18(13)19)26(11-20(27)28)32(29,30)17-9-14(22)8-15(23)10-17/h2-10H,11H2,1H3,(H,27,28). The lowest BCUT2D eigenvalue weighted by Crippen LogP contribution is -2.35. The van der Waals surface area contributed by atoms with Crippen molar-refractivity contribution in [3.63, 3.8) is 0 Å². The molecule has 0 aliphatic rings. The van der Waals surface area contributed by atoms with Crippen molar-refractivity contribution in [2.24, 2.45) is 0 Å². The summed E-state index contributed by atoms with van der Waals surface area (Å²) in [6, 6.07) is 14.0. The molecule has 1 aromatic heterocycles. The zero-order valence-electron chi connectivity index (χ0n) is 16.5. The van der Waals surface area contributed by atoms with Crippen molar-refractivity contribution in [2.75, 3.05) is 10.8 Å². The molecule has 0 amide bonds. The highest BCUT2D eigenvalue weighted by Gasteiger charge is 2.28. The first-order valence-corrected chi connectivity index (χ1v) is 11.4. The van der Waals surface area contributed by atoms with E-state index in [1.54, 1.807) is 31.2 Å². The van der Waals surface area contributed by atoms with E-state index in [-0.39, 0.29) is 20.6 Å². The summed E-state index contributed by atoms with van der Waals surface area (Å²) < 4.78 is 32.5. The number of carbonyl (C=O) groups is 1. The number of fused-ring (bicyclic) bond motifs is 1. The van der Waals surface area contributed by atoms with Gasteiger partial charge in [-0.2, -0.15) is 4.98 Å². The van der Waals surface area contributed by atoms with Gasteiger partial charge < -0.3 is 9.63 Å². The van der Waals surface area contributed by atoms with E-state index >= 15 is 0 Å². The maximum absolute atomic E-state index is 13.3. The fourth-order valence-corrected chi connectivity index (χ4v) is 5.41. The molecule has 164 valence electrons. The molecule has 8 nitrogen and oxygen atoms in total. The monoisotopic (exact) mass is 491 g/mol. The summed E-state index contributed by atoms with van der Waals surface area (Å²) in [5, 5.41) is 15.0. The molecule has 0 fully saturated rings. The number of carboxylic acid groups (broad SMARTS) is 1. The molecule has 1 N–H and O–H groups in total. The average Bonchev–Trinajstić information content (AvgIpc) is 3.16. The summed E-state index contributed by atoms with van der Waals surface area (Å²) in [4.78, 5) is 15.5. The first-order chi connectivity index (χ1) is 15.1. The predicted molar refractivity (Wildman–Crippen MR) is 121 cm³/mol. The summed E-state index contributed by atoms with van der Waals surface area (Å²) >= 11 is 11.9. The van der Waals surface area contributed by atoms with Crippen LogP contribution in [0.5, 0.6) is 0 Å². The van der Waals surface area contributed by atoms with Crippen molar-refractivity contribution in [3.8, 4) is 11.4 Å². The molecule has 4 aromatic rings. The minimum absolute atomic E-state index is 0.116. The van der Waals surface area contributed by atoms with Gasteiger partial charge >= 0.3 is 5.97 Å². The molecule has 0 spiro atoms. The second-order valence-electron chi connectivity index (χ2n) is 6.86. The lowest BCUT2D eigenvalue weighted by Gasteiger charge is -2.23. The smallest absolute Gasteiger partial charge is 0.324 e. The molecular formula is C21H15Cl2N3O5S. The van der Waals surface area contributed by atoms with Gasteiger partial charge in [0.05, 0.1) is 10.6 Å². The number of hydrogen-bond acceptors (Lipinski definition) is 6. The molecule has 3 aromatic carbocycles. The first kappa shape index (κ1) is 22.1. The number of carboxylic acids is 1. The van der Waals surface area contributed by atoms with E-state index in [1.807, 2.05) is 6.07 Å². The molecule has 0 unspecified atom stereocenters. The molecule has 0 aliphatic carbocycles. The van der Waals surface area contributed by atoms with Gasteiger partial charge in [0.2, 0.25) is 11.7 Å². The Bertz CT molecular complexity index is 1430. The van der Waals surface area contributed by atoms with Gasteiger partial charge in [-0.15, -0.1) is 0 Å². The highest BCUT2D eigenvalue weighted by atomic mass is 35.5. The highest BCUT2D eigenvalue weighted by Crippen LogP contribution is 2.33. The summed E-state index contributed by atoms with van der Waals surface area (Å²) in [5.74, 6) is -0.519. The summed E-state index contributed by atoms with van der Waals surface area (Å²) in [6.45, 7) is 0.887. The minimum atomic E-state index is -4.28. The number of nitrogens with zero attached hydrogens (tertiary/aromatic N) is 3. The Kier molecular flexibility index (Phi) is 5.81. The fraction of sp³-hybridized carbons (Fsp3) is 0.0952. The molecule has 4 rings (SSSR count). The number of halogens is 2. The van der Waals surface area contributed by atoms with E-state index in [9.17, 15) is 18.3 Å². The van der Waals surface area contributed by atoms with Crippen LogP contribution in [0.2, 0.25) is 10.0 Å². The summed E-state index contributed by atoms with van der Waals surface area (Å²) in [5.41, 5.74) is 0.859. The largest absolute Gasteiger partial charge is 0.480 e. The van der Waals surface area contributed by atoms with Crippen LogP contribution in [0.25, 0.3) is 22.2 Å². The number of hydrogen-bond donors (Lipinski definition) is 1. The summed E-state index contributed by atoms with van der Waals surface area (Å²) in [6.07, 6.45) is 0. The molecule has 0 aliphatic heterocycles. The van der Waals surface area contributed by atoms with Gasteiger partial charge in [0.25, 0.3) is 10.0 Å². The SMILES string of the molecule is Cc1nc(-c2cccc3cc(N(CC(=O)O)S(=O)(=O)c4cc(Cl)cc(Cl)c4)ccc23)no1. The predicted octanol–water partition coefficient (Wildman–Crippen LogP) is 4.78. The van der Waals surface area contributed by atoms with Crippen LogP contribution in [-0.2, 0) is 14.8 Å². The number of aliphatic carboxylic acids is 1. The highest BCUT2D eigenvalue weighted by molar-refractivity contribution is 7.92. The zero-order valence-corrected chi connectivity index (χ0v) is 18.8. The van der Waals surface area contributed by atoms with Gasteiger partial charge in [-0.05, 0) is 41.1 Å². The van der Waals surface area contributed by atoms with Crippen LogP contribution >= 0.6 is 23.2 Å². The Hall–Kier alpha value is -3.14. The second kappa shape index (κ2) is 8.42. The van der Waals surface area contributed by atoms with Crippen LogP contribution in [0.1, 0.15) is 5.89 Å². The molecule has 0 atom stereocenters. The van der Waals surface area contributed by atoms with Crippen molar-refractivity contribution in [1.82, 2.24) is 10.1 Å². The Balaban J connectivity index is 1.85. The Morgan fingerprint density at radius 3 is 2.44 bits per heavy atom.